The SMILES string of the molecule is O=Cc1nc(C(=O)NCC(=O)O)c(O)c2cc(Oc3ccccc3)ccc12. The maximum absolute atomic E-state index is 12.1. The molecule has 3 rings (SSSR count). The molecule has 27 heavy (non-hydrogen) atoms. The van der Waals surface area contributed by atoms with Crippen LogP contribution < -0.4 is 10.1 Å². The molecule has 0 aliphatic heterocycles. The Labute approximate surface area is 153 Å². The number of hydrogen-bond donors (Lipinski definition) is 3. The van der Waals surface area contributed by atoms with Gasteiger partial charge in [-0.25, -0.2) is 4.98 Å². The first-order chi connectivity index (χ1) is 13.0. The van der Waals surface area contributed by atoms with Crippen LogP contribution in [0, 0.1) is 0 Å². The molecule has 0 atom stereocenters. The number of aromatic hydroxyl groups is 1. The van der Waals surface area contributed by atoms with Crippen LogP contribution in [-0.4, -0.2) is 39.9 Å². The van der Waals surface area contributed by atoms with Gasteiger partial charge in [-0.15, -0.1) is 0 Å². The van der Waals surface area contributed by atoms with Crippen molar-refractivity contribution in [3.05, 3.63) is 59.9 Å². The zero-order chi connectivity index (χ0) is 19.4. The molecule has 0 fully saturated rings. The second-order valence-corrected chi connectivity index (χ2v) is 5.51. The number of fused-ring (bicyclic) bond motifs is 1. The first-order valence-electron chi connectivity index (χ1n) is 7.84. The molecule has 1 aromatic heterocycles. The Morgan fingerprint density at radius 2 is 1.81 bits per heavy atom. The number of aliphatic carboxylic acids is 1. The largest absolute Gasteiger partial charge is 0.505 e. The number of rotatable bonds is 6. The molecule has 3 aromatic rings. The highest BCUT2D eigenvalue weighted by Crippen LogP contribution is 2.33. The van der Waals surface area contributed by atoms with Crippen molar-refractivity contribution >= 4 is 28.9 Å². The molecule has 0 aliphatic rings. The second-order valence-electron chi connectivity index (χ2n) is 5.51. The van der Waals surface area contributed by atoms with Gasteiger partial charge in [0.05, 0.1) is 0 Å². The number of carboxylic acid groups (broad SMARTS) is 1. The fourth-order valence-electron chi connectivity index (χ4n) is 2.48. The molecule has 8 nitrogen and oxygen atoms in total. The molecule has 8 heteroatoms. The normalized spacial score (nSPS) is 10.4. The molecule has 0 spiro atoms. The van der Waals surface area contributed by atoms with E-state index >= 15 is 0 Å². The molecule has 136 valence electrons. The van der Waals surface area contributed by atoms with E-state index in [1.165, 1.54) is 6.07 Å². The van der Waals surface area contributed by atoms with Gasteiger partial charge in [-0.2, -0.15) is 0 Å². The molecule has 0 saturated carbocycles. The van der Waals surface area contributed by atoms with Crippen LogP contribution in [0.25, 0.3) is 10.8 Å². The summed E-state index contributed by atoms with van der Waals surface area (Å²) in [5, 5.41) is 21.7. The Kier molecular flexibility index (Phi) is 4.98. The molecule has 0 unspecified atom stereocenters. The smallest absolute Gasteiger partial charge is 0.322 e. The minimum atomic E-state index is -1.25. The molecule has 0 bridgehead atoms. The van der Waals surface area contributed by atoms with E-state index in [0.29, 0.717) is 23.2 Å². The Hall–Kier alpha value is -3.94. The molecule has 0 aliphatic carbocycles. The van der Waals surface area contributed by atoms with E-state index in [1.54, 1.807) is 36.4 Å². The predicted octanol–water partition coefficient (Wildman–Crippen LogP) is 2.36. The van der Waals surface area contributed by atoms with Crippen molar-refractivity contribution in [2.45, 2.75) is 0 Å². The van der Waals surface area contributed by atoms with Crippen LogP contribution >= 0.6 is 0 Å². The van der Waals surface area contributed by atoms with Gasteiger partial charge in [0.2, 0.25) is 0 Å². The Morgan fingerprint density at radius 3 is 2.48 bits per heavy atom. The Balaban J connectivity index is 2.05. The van der Waals surface area contributed by atoms with Crippen molar-refractivity contribution < 1.29 is 29.3 Å². The van der Waals surface area contributed by atoms with E-state index in [-0.39, 0.29) is 11.1 Å². The summed E-state index contributed by atoms with van der Waals surface area (Å²) in [6.07, 6.45) is 0.452. The summed E-state index contributed by atoms with van der Waals surface area (Å²) in [4.78, 5) is 37.9. The molecular formula is C19H14N2O6. The standard InChI is InChI=1S/C19H14N2O6/c22-10-15-13-7-6-12(27-11-4-2-1-3-5-11)8-14(13)18(25)17(21-15)19(26)20-9-16(23)24/h1-8,10,25H,9H2,(H,20,26)(H,23,24). The van der Waals surface area contributed by atoms with Crippen molar-refractivity contribution in [2.75, 3.05) is 6.54 Å². The van der Waals surface area contributed by atoms with E-state index in [1.807, 2.05) is 6.07 Å². The summed E-state index contributed by atoms with van der Waals surface area (Å²) in [7, 11) is 0. The van der Waals surface area contributed by atoms with Crippen LogP contribution in [0.15, 0.2) is 48.5 Å². The van der Waals surface area contributed by atoms with Gasteiger partial charge in [0.15, 0.2) is 17.7 Å². The van der Waals surface area contributed by atoms with Crippen molar-refractivity contribution in [3.63, 3.8) is 0 Å². The number of pyridine rings is 1. The molecule has 3 N–H and O–H groups in total. The fourth-order valence-corrected chi connectivity index (χ4v) is 2.48. The number of ether oxygens (including phenoxy) is 1. The Bertz CT molecular complexity index is 1030. The molecule has 2 aromatic carbocycles. The average molecular weight is 366 g/mol. The maximum Gasteiger partial charge on any atom is 0.322 e. The summed E-state index contributed by atoms with van der Waals surface area (Å²) in [6.45, 7) is -0.647. The lowest BCUT2D eigenvalue weighted by molar-refractivity contribution is -0.135. The van der Waals surface area contributed by atoms with E-state index in [2.05, 4.69) is 10.3 Å². The van der Waals surface area contributed by atoms with Crippen molar-refractivity contribution in [1.29, 1.82) is 0 Å². The summed E-state index contributed by atoms with van der Waals surface area (Å²) in [6, 6.07) is 13.6. The fraction of sp³-hybridized carbons (Fsp3) is 0.0526. The first-order valence-corrected chi connectivity index (χ1v) is 7.84. The topological polar surface area (TPSA) is 126 Å². The molecule has 1 amide bonds. The van der Waals surface area contributed by atoms with Crippen LogP contribution in [0.3, 0.4) is 0 Å². The number of para-hydroxylation sites is 1. The lowest BCUT2D eigenvalue weighted by Crippen LogP contribution is -2.30. The third-order valence-corrected chi connectivity index (χ3v) is 3.68. The number of hydrogen-bond acceptors (Lipinski definition) is 6. The number of amides is 1. The summed E-state index contributed by atoms with van der Waals surface area (Å²) in [5.74, 6) is -1.69. The quantitative estimate of drug-likeness (QED) is 0.572. The van der Waals surface area contributed by atoms with Gasteiger partial charge < -0.3 is 20.3 Å². The van der Waals surface area contributed by atoms with Gasteiger partial charge >= 0.3 is 5.97 Å². The van der Waals surface area contributed by atoms with Crippen molar-refractivity contribution in [3.8, 4) is 17.2 Å². The van der Waals surface area contributed by atoms with E-state index in [9.17, 15) is 19.5 Å². The number of aldehydes is 1. The van der Waals surface area contributed by atoms with Gasteiger partial charge in [-0.05, 0) is 30.3 Å². The number of benzene rings is 2. The molecular weight excluding hydrogens is 352 g/mol. The van der Waals surface area contributed by atoms with Gasteiger partial charge in [0.1, 0.15) is 23.7 Å². The Morgan fingerprint density at radius 1 is 1.07 bits per heavy atom. The monoisotopic (exact) mass is 366 g/mol. The lowest BCUT2D eigenvalue weighted by Gasteiger charge is -2.11. The highest BCUT2D eigenvalue weighted by atomic mass is 16.5. The van der Waals surface area contributed by atoms with Crippen LogP contribution in [0.1, 0.15) is 21.0 Å². The minimum absolute atomic E-state index is 0.0606. The zero-order valence-corrected chi connectivity index (χ0v) is 13.9. The highest BCUT2D eigenvalue weighted by molar-refractivity contribution is 6.07. The van der Waals surface area contributed by atoms with E-state index in [4.69, 9.17) is 9.84 Å². The number of carbonyl (C=O) groups excluding carboxylic acids is 2. The van der Waals surface area contributed by atoms with E-state index < -0.39 is 29.9 Å². The second kappa shape index (κ2) is 7.52. The third-order valence-electron chi connectivity index (χ3n) is 3.68. The third kappa shape index (κ3) is 3.84. The van der Waals surface area contributed by atoms with Crippen LogP contribution in [0.5, 0.6) is 17.2 Å². The number of nitrogens with zero attached hydrogens (tertiary/aromatic N) is 1. The predicted molar refractivity (Wildman–Crippen MR) is 95.3 cm³/mol. The molecule has 0 radical (unpaired) electrons. The molecule has 1 heterocycles. The number of aromatic nitrogens is 1. The summed E-state index contributed by atoms with van der Waals surface area (Å²) >= 11 is 0. The highest BCUT2D eigenvalue weighted by Gasteiger charge is 2.20. The number of carbonyl (C=O) groups is 3. The van der Waals surface area contributed by atoms with E-state index in [0.717, 1.165) is 0 Å². The zero-order valence-electron chi connectivity index (χ0n) is 13.9. The maximum atomic E-state index is 12.1. The van der Waals surface area contributed by atoms with Crippen LogP contribution in [0.4, 0.5) is 0 Å². The first kappa shape index (κ1) is 17.9. The number of nitrogens with one attached hydrogen (secondary N) is 1. The van der Waals surface area contributed by atoms with Crippen molar-refractivity contribution in [2.24, 2.45) is 0 Å². The lowest BCUT2D eigenvalue weighted by atomic mass is 10.1. The minimum Gasteiger partial charge on any atom is -0.505 e. The average Bonchev–Trinajstić information content (AvgIpc) is 2.67. The number of carboxylic acids is 1. The van der Waals surface area contributed by atoms with Gasteiger partial charge in [-0.1, -0.05) is 18.2 Å². The van der Waals surface area contributed by atoms with Crippen LogP contribution in [0.2, 0.25) is 0 Å². The van der Waals surface area contributed by atoms with Gasteiger partial charge in [-0.3, -0.25) is 14.4 Å². The summed E-state index contributed by atoms with van der Waals surface area (Å²) in [5.41, 5.74) is -0.503. The van der Waals surface area contributed by atoms with Crippen LogP contribution in [-0.2, 0) is 4.79 Å². The van der Waals surface area contributed by atoms with Crippen molar-refractivity contribution in [1.82, 2.24) is 10.3 Å². The van der Waals surface area contributed by atoms with Gasteiger partial charge in [0.25, 0.3) is 5.91 Å². The summed E-state index contributed by atoms with van der Waals surface area (Å²) < 4.78 is 5.70. The van der Waals surface area contributed by atoms with Gasteiger partial charge in [0, 0.05) is 10.8 Å². The molecule has 0 saturated heterocycles.